The molecule has 270 valence electrons. The molecule has 2 aliphatic rings. The van der Waals surface area contributed by atoms with E-state index in [1.165, 1.54) is 4.31 Å². The van der Waals surface area contributed by atoms with Crippen LogP contribution in [0.25, 0.3) is 0 Å². The molecule has 2 aliphatic heterocycles. The summed E-state index contributed by atoms with van der Waals surface area (Å²) >= 11 is 0. The molecule has 2 atom stereocenters. The average molecular weight is 711 g/mol. The summed E-state index contributed by atoms with van der Waals surface area (Å²) in [7, 11) is -7.32. The average Bonchev–Trinajstić information content (AvgIpc) is 3.06. The van der Waals surface area contributed by atoms with Crippen molar-refractivity contribution in [3.63, 3.8) is 0 Å². The summed E-state index contributed by atoms with van der Waals surface area (Å²) in [5, 5.41) is 0. The first kappa shape index (κ1) is 38.8. The summed E-state index contributed by atoms with van der Waals surface area (Å²) < 4.78 is 80.7. The largest absolute Gasteiger partial charge is 0.380 e. The monoisotopic (exact) mass is 710 g/mol. The van der Waals surface area contributed by atoms with Gasteiger partial charge in [0.15, 0.2) is 0 Å². The molecule has 2 saturated heterocycles. The highest BCUT2D eigenvalue weighted by Crippen LogP contribution is 2.18. The predicted octanol–water partition coefficient (Wildman–Crippen LogP) is 2.46. The summed E-state index contributed by atoms with van der Waals surface area (Å²) in [5.74, 6) is 0. The van der Waals surface area contributed by atoms with Gasteiger partial charge in [-0.3, -0.25) is 9.80 Å². The third kappa shape index (κ3) is 12.4. The summed E-state index contributed by atoms with van der Waals surface area (Å²) in [6, 6.07) is 13.9. The molecular formula is C34H54N4O8S2. The molecule has 0 spiro atoms. The van der Waals surface area contributed by atoms with Crippen molar-refractivity contribution in [2.75, 3.05) is 118 Å². The summed E-state index contributed by atoms with van der Waals surface area (Å²) in [5.41, 5.74) is 2.02. The number of benzene rings is 2. The van der Waals surface area contributed by atoms with Crippen LogP contribution in [0.5, 0.6) is 0 Å². The van der Waals surface area contributed by atoms with Crippen LogP contribution < -0.4 is 0 Å². The number of rotatable bonds is 4. The van der Waals surface area contributed by atoms with Gasteiger partial charge in [-0.05, 0) is 51.0 Å². The summed E-state index contributed by atoms with van der Waals surface area (Å²) in [4.78, 5) is 5.16. The zero-order valence-electron chi connectivity index (χ0n) is 28.6. The van der Waals surface area contributed by atoms with E-state index in [0.29, 0.717) is 96.6 Å². The fourth-order valence-electron chi connectivity index (χ4n) is 5.58. The zero-order chi connectivity index (χ0) is 34.2. The molecule has 2 aromatic rings. The topological polar surface area (TPSA) is 118 Å². The predicted molar refractivity (Wildman–Crippen MR) is 185 cm³/mol. The fourth-order valence-corrected chi connectivity index (χ4v) is 8.50. The Morgan fingerprint density at radius 2 is 0.729 bits per heavy atom. The first-order valence-electron chi connectivity index (χ1n) is 17.1. The molecule has 14 heteroatoms. The van der Waals surface area contributed by atoms with E-state index in [2.05, 4.69) is 9.80 Å². The second-order valence-electron chi connectivity index (χ2n) is 12.3. The maximum absolute atomic E-state index is 13.5. The van der Waals surface area contributed by atoms with Crippen LogP contribution in [0.2, 0.25) is 0 Å². The SMILES string of the molecule is Cc1ccc(S(=O)(=O)N2CCCOCCN3CCOCCN(S(=O)(=O)c4ccc(C)cc4)CCOCCN(CCOCCC2)CC3)cc1. The van der Waals surface area contributed by atoms with Crippen LogP contribution in [0.15, 0.2) is 58.3 Å². The van der Waals surface area contributed by atoms with Crippen LogP contribution in [0, 0.1) is 13.8 Å². The van der Waals surface area contributed by atoms with E-state index in [1.807, 2.05) is 38.1 Å². The molecule has 0 amide bonds. The van der Waals surface area contributed by atoms with Gasteiger partial charge in [0.25, 0.3) is 0 Å². The van der Waals surface area contributed by atoms with Gasteiger partial charge in [0, 0.05) is 78.7 Å². The highest BCUT2D eigenvalue weighted by molar-refractivity contribution is 7.89. The number of aryl methyl sites for hydroxylation is 2. The molecule has 0 aliphatic carbocycles. The number of ether oxygens (including phenoxy) is 4. The third-order valence-electron chi connectivity index (χ3n) is 8.62. The quantitative estimate of drug-likeness (QED) is 0.469. The second-order valence-corrected chi connectivity index (χ2v) is 16.2. The van der Waals surface area contributed by atoms with E-state index in [-0.39, 0.29) is 31.2 Å². The Hall–Kier alpha value is -1.98. The summed E-state index contributed by atoms with van der Waals surface area (Å²) in [6.45, 7) is 12.9. The zero-order valence-corrected chi connectivity index (χ0v) is 30.3. The number of nitrogens with zero attached hydrogens (tertiary/aromatic N) is 4. The minimum absolute atomic E-state index is 0.239. The van der Waals surface area contributed by atoms with Gasteiger partial charge in [-0.15, -0.1) is 0 Å². The fraction of sp³-hybridized carbons (Fsp3) is 0.647. The van der Waals surface area contributed by atoms with Crippen molar-refractivity contribution in [1.29, 1.82) is 0 Å². The van der Waals surface area contributed by atoms with Crippen molar-refractivity contribution in [3.8, 4) is 0 Å². The van der Waals surface area contributed by atoms with Crippen LogP contribution in [-0.2, 0) is 39.0 Å². The molecule has 2 fully saturated rings. The standard InChI is InChI=1S/C34H54N4O8S2/c1-31-5-9-33(10-6-31)47(39,40)37-13-3-23-43-25-17-35-15-16-36(18-26-44-24-4-14-37)20-28-46-30-22-38(21-29-45-27-19-35)48(41,42)34-11-7-32(2)8-12-34/h5-12H,3-4,13-30H2,1-2H3. The smallest absolute Gasteiger partial charge is 0.243 e. The highest BCUT2D eigenvalue weighted by atomic mass is 32.2. The Balaban J connectivity index is 1.37. The molecule has 2 unspecified atom stereocenters. The molecular weight excluding hydrogens is 657 g/mol. The van der Waals surface area contributed by atoms with Gasteiger partial charge >= 0.3 is 0 Å². The van der Waals surface area contributed by atoms with Crippen LogP contribution in [0.1, 0.15) is 24.0 Å². The number of sulfonamides is 2. The Morgan fingerprint density at radius 3 is 1.10 bits per heavy atom. The van der Waals surface area contributed by atoms with Gasteiger partial charge in [0.2, 0.25) is 20.0 Å². The lowest BCUT2D eigenvalue weighted by Gasteiger charge is -2.27. The van der Waals surface area contributed by atoms with Crippen molar-refractivity contribution in [3.05, 3.63) is 59.7 Å². The van der Waals surface area contributed by atoms with Crippen LogP contribution >= 0.6 is 0 Å². The van der Waals surface area contributed by atoms with Crippen molar-refractivity contribution >= 4 is 20.0 Å². The Bertz CT molecular complexity index is 1390. The van der Waals surface area contributed by atoms with Gasteiger partial charge in [0.05, 0.1) is 49.4 Å². The van der Waals surface area contributed by atoms with Crippen molar-refractivity contribution in [1.82, 2.24) is 18.4 Å². The van der Waals surface area contributed by atoms with E-state index >= 15 is 0 Å². The van der Waals surface area contributed by atoms with Crippen molar-refractivity contribution < 1.29 is 35.8 Å². The second kappa shape index (κ2) is 20.0. The van der Waals surface area contributed by atoms with Crippen LogP contribution in [0.4, 0.5) is 0 Å². The van der Waals surface area contributed by atoms with E-state index in [1.54, 1.807) is 28.6 Å². The molecule has 12 nitrogen and oxygen atoms in total. The minimum atomic E-state index is -3.69. The van der Waals surface area contributed by atoms with Crippen molar-refractivity contribution in [2.45, 2.75) is 36.5 Å². The lowest BCUT2D eigenvalue weighted by molar-refractivity contribution is 0.0591. The lowest BCUT2D eigenvalue weighted by Crippen LogP contribution is -2.41. The van der Waals surface area contributed by atoms with E-state index in [0.717, 1.165) is 24.2 Å². The van der Waals surface area contributed by atoms with Gasteiger partial charge in [-0.25, -0.2) is 16.8 Å². The Kier molecular flexibility index (Phi) is 16.2. The van der Waals surface area contributed by atoms with Gasteiger partial charge in [-0.2, -0.15) is 8.61 Å². The number of hydrogen-bond donors (Lipinski definition) is 0. The van der Waals surface area contributed by atoms with Gasteiger partial charge < -0.3 is 18.9 Å². The molecule has 0 saturated carbocycles. The molecule has 2 bridgehead atoms. The van der Waals surface area contributed by atoms with E-state index < -0.39 is 20.0 Å². The van der Waals surface area contributed by atoms with Crippen LogP contribution in [-0.4, -0.2) is 154 Å². The van der Waals surface area contributed by atoms with Gasteiger partial charge in [0.1, 0.15) is 0 Å². The first-order valence-corrected chi connectivity index (χ1v) is 19.9. The minimum Gasteiger partial charge on any atom is -0.380 e. The Labute approximate surface area is 288 Å². The molecule has 0 aromatic heterocycles. The van der Waals surface area contributed by atoms with Crippen molar-refractivity contribution in [2.24, 2.45) is 0 Å². The summed E-state index contributed by atoms with van der Waals surface area (Å²) in [6.07, 6.45) is 1.18. The lowest BCUT2D eigenvalue weighted by atomic mass is 10.2. The van der Waals surface area contributed by atoms with E-state index in [9.17, 15) is 16.8 Å². The maximum Gasteiger partial charge on any atom is 0.243 e. The first-order chi connectivity index (χ1) is 23.2. The van der Waals surface area contributed by atoms with Crippen LogP contribution in [0.3, 0.4) is 0 Å². The van der Waals surface area contributed by atoms with E-state index in [4.69, 9.17) is 18.9 Å². The Morgan fingerprint density at radius 1 is 0.417 bits per heavy atom. The third-order valence-corrected chi connectivity index (χ3v) is 12.4. The molecule has 4 rings (SSSR count). The maximum atomic E-state index is 13.5. The van der Waals surface area contributed by atoms with Gasteiger partial charge in [-0.1, -0.05) is 35.4 Å². The molecule has 2 heterocycles. The molecule has 48 heavy (non-hydrogen) atoms. The highest BCUT2D eigenvalue weighted by Gasteiger charge is 2.25. The number of fused-ring (bicyclic) bond motifs is 3. The number of hydrogen-bond acceptors (Lipinski definition) is 10. The molecule has 2 aromatic carbocycles. The molecule has 0 radical (unpaired) electrons. The normalized spacial score (nSPS) is 23.9. The molecule has 0 N–H and O–H groups in total.